The molecule has 0 unspecified atom stereocenters. The minimum Gasteiger partial charge on any atom is -0.487 e. The fourth-order valence-electron chi connectivity index (χ4n) is 2.58. The van der Waals surface area contributed by atoms with Gasteiger partial charge in [-0.2, -0.15) is 0 Å². The summed E-state index contributed by atoms with van der Waals surface area (Å²) < 4.78 is 5.79. The smallest absolute Gasteiger partial charge is 0.255 e. The van der Waals surface area contributed by atoms with Crippen LogP contribution in [0, 0.1) is 0 Å². The largest absolute Gasteiger partial charge is 0.487 e. The molecule has 0 aromatic heterocycles. The van der Waals surface area contributed by atoms with Crippen LogP contribution in [0.5, 0.6) is 5.75 Å². The number of benzene rings is 2. The van der Waals surface area contributed by atoms with Crippen molar-refractivity contribution in [2.24, 2.45) is 0 Å². The van der Waals surface area contributed by atoms with Crippen LogP contribution >= 0.6 is 23.2 Å². The summed E-state index contributed by atoms with van der Waals surface area (Å²) >= 11 is 12.0. The summed E-state index contributed by atoms with van der Waals surface area (Å²) in [5, 5.41) is 3.54. The molecule has 0 bridgehead atoms. The first-order valence-electron chi connectivity index (χ1n) is 7.38. The first-order valence-corrected chi connectivity index (χ1v) is 8.13. The Kier molecular flexibility index (Phi) is 4.28. The van der Waals surface area contributed by atoms with Gasteiger partial charge in [0.25, 0.3) is 5.91 Å². The molecule has 0 saturated heterocycles. The Labute approximate surface area is 149 Å². The first kappa shape index (κ1) is 16.8. The molecule has 2 aromatic carbocycles. The minimum absolute atomic E-state index is 0.0447. The van der Waals surface area contributed by atoms with Gasteiger partial charge in [-0.25, -0.2) is 0 Å². The summed E-state index contributed by atoms with van der Waals surface area (Å²) in [6.07, 6.45) is 0.269. The van der Waals surface area contributed by atoms with Crippen molar-refractivity contribution in [3.63, 3.8) is 0 Å². The van der Waals surface area contributed by atoms with Crippen molar-refractivity contribution in [3.05, 3.63) is 57.6 Å². The number of hydrogen-bond acceptors (Lipinski definition) is 3. The van der Waals surface area contributed by atoms with Crippen LogP contribution in [-0.4, -0.2) is 17.3 Å². The summed E-state index contributed by atoms with van der Waals surface area (Å²) in [6, 6.07) is 9.60. The number of fused-ring (bicyclic) bond motifs is 1. The Morgan fingerprint density at radius 2 is 1.92 bits per heavy atom. The molecular formula is C18H15Cl2NO3. The van der Waals surface area contributed by atoms with Gasteiger partial charge in [0.15, 0.2) is 5.78 Å². The number of rotatable bonds is 2. The zero-order valence-corrected chi connectivity index (χ0v) is 14.7. The van der Waals surface area contributed by atoms with Crippen molar-refractivity contribution in [1.29, 1.82) is 0 Å². The standard InChI is InChI=1S/C18H15Cl2NO3/c1-18(2)9-15(22)12-7-10(3-6-16(12)24-18)17(23)21-14-8-11(19)4-5-13(14)20/h3-8H,9H2,1-2H3,(H,21,23). The number of Topliss-reactive ketones (excluding diaryl/α,β-unsaturated/α-hetero) is 1. The molecule has 0 radical (unpaired) electrons. The van der Waals surface area contributed by atoms with Crippen molar-refractivity contribution in [3.8, 4) is 5.75 Å². The molecule has 0 spiro atoms. The van der Waals surface area contributed by atoms with E-state index in [1.807, 2.05) is 13.8 Å². The number of carbonyl (C=O) groups is 2. The molecular weight excluding hydrogens is 349 g/mol. The number of hydrogen-bond donors (Lipinski definition) is 1. The van der Waals surface area contributed by atoms with Gasteiger partial charge in [0, 0.05) is 10.6 Å². The van der Waals surface area contributed by atoms with E-state index in [9.17, 15) is 9.59 Å². The third-order valence-electron chi connectivity index (χ3n) is 3.69. The van der Waals surface area contributed by atoms with E-state index in [2.05, 4.69) is 5.32 Å². The highest BCUT2D eigenvalue weighted by Crippen LogP contribution is 2.34. The average molecular weight is 364 g/mol. The molecule has 1 N–H and O–H groups in total. The molecule has 1 amide bonds. The van der Waals surface area contributed by atoms with Gasteiger partial charge in [-0.15, -0.1) is 0 Å². The van der Waals surface area contributed by atoms with E-state index in [0.717, 1.165) is 0 Å². The second kappa shape index (κ2) is 6.11. The fraction of sp³-hybridized carbons (Fsp3) is 0.222. The van der Waals surface area contributed by atoms with Crippen molar-refractivity contribution < 1.29 is 14.3 Å². The van der Waals surface area contributed by atoms with E-state index >= 15 is 0 Å². The normalized spacial score (nSPS) is 15.4. The zero-order chi connectivity index (χ0) is 17.5. The highest BCUT2D eigenvalue weighted by Gasteiger charge is 2.32. The molecule has 1 heterocycles. The van der Waals surface area contributed by atoms with Gasteiger partial charge in [0.1, 0.15) is 11.4 Å². The topological polar surface area (TPSA) is 55.4 Å². The summed E-state index contributed by atoms with van der Waals surface area (Å²) in [6.45, 7) is 3.71. The monoisotopic (exact) mass is 363 g/mol. The third-order valence-corrected chi connectivity index (χ3v) is 4.26. The van der Waals surface area contributed by atoms with Crippen LogP contribution in [0.25, 0.3) is 0 Å². The van der Waals surface area contributed by atoms with Crippen molar-refractivity contribution in [1.82, 2.24) is 0 Å². The molecule has 1 aliphatic rings. The molecule has 0 fully saturated rings. The molecule has 3 rings (SSSR count). The second-order valence-corrected chi connectivity index (χ2v) is 7.09. The van der Waals surface area contributed by atoms with E-state index < -0.39 is 5.60 Å². The lowest BCUT2D eigenvalue weighted by Gasteiger charge is -2.31. The van der Waals surface area contributed by atoms with Crippen LogP contribution < -0.4 is 10.1 Å². The maximum atomic E-state index is 12.4. The molecule has 124 valence electrons. The maximum Gasteiger partial charge on any atom is 0.255 e. The predicted molar refractivity (Wildman–Crippen MR) is 94.5 cm³/mol. The van der Waals surface area contributed by atoms with E-state index in [-0.39, 0.29) is 18.1 Å². The molecule has 0 atom stereocenters. The number of anilines is 1. The van der Waals surface area contributed by atoms with E-state index in [0.29, 0.717) is 32.6 Å². The van der Waals surface area contributed by atoms with E-state index in [1.165, 1.54) is 0 Å². The lowest BCUT2D eigenvalue weighted by atomic mass is 9.92. The SMILES string of the molecule is CC1(C)CC(=O)c2cc(C(=O)Nc3cc(Cl)ccc3Cl)ccc2O1. The van der Waals surface area contributed by atoms with Crippen LogP contribution in [0.3, 0.4) is 0 Å². The van der Waals surface area contributed by atoms with Crippen molar-refractivity contribution in [2.75, 3.05) is 5.32 Å². The maximum absolute atomic E-state index is 12.4. The Morgan fingerprint density at radius 3 is 2.67 bits per heavy atom. The van der Waals surface area contributed by atoms with Crippen molar-refractivity contribution >= 4 is 40.6 Å². The van der Waals surface area contributed by atoms with Gasteiger partial charge in [0.2, 0.25) is 0 Å². The number of carbonyl (C=O) groups excluding carboxylic acids is 2. The van der Waals surface area contributed by atoms with Crippen LogP contribution in [0.1, 0.15) is 41.0 Å². The Bertz CT molecular complexity index is 846. The Morgan fingerprint density at radius 1 is 1.17 bits per heavy atom. The fourth-order valence-corrected chi connectivity index (χ4v) is 2.92. The lowest BCUT2D eigenvalue weighted by molar-refractivity contribution is 0.0620. The summed E-state index contributed by atoms with van der Waals surface area (Å²) in [7, 11) is 0. The first-order chi connectivity index (χ1) is 11.2. The molecule has 2 aromatic rings. The van der Waals surface area contributed by atoms with Gasteiger partial charge < -0.3 is 10.1 Å². The van der Waals surface area contributed by atoms with Gasteiger partial charge in [-0.3, -0.25) is 9.59 Å². The summed E-state index contributed by atoms with van der Waals surface area (Å²) in [5.41, 5.74) is 0.638. The third kappa shape index (κ3) is 3.40. The number of ether oxygens (including phenoxy) is 1. The average Bonchev–Trinajstić information content (AvgIpc) is 2.49. The zero-order valence-electron chi connectivity index (χ0n) is 13.2. The van der Waals surface area contributed by atoms with Gasteiger partial charge >= 0.3 is 0 Å². The number of ketones is 1. The predicted octanol–water partition coefficient (Wildman–Crippen LogP) is 4.99. The van der Waals surface area contributed by atoms with Gasteiger partial charge in [0.05, 0.1) is 22.7 Å². The molecule has 1 aliphatic heterocycles. The van der Waals surface area contributed by atoms with E-state index in [1.54, 1.807) is 36.4 Å². The van der Waals surface area contributed by atoms with Crippen LogP contribution in [0.2, 0.25) is 10.0 Å². The quantitative estimate of drug-likeness (QED) is 0.817. The highest BCUT2D eigenvalue weighted by molar-refractivity contribution is 6.35. The molecule has 6 heteroatoms. The summed E-state index contributed by atoms with van der Waals surface area (Å²) in [5.74, 6) is 0.0740. The molecule has 24 heavy (non-hydrogen) atoms. The second-order valence-electron chi connectivity index (χ2n) is 6.25. The van der Waals surface area contributed by atoms with Crippen molar-refractivity contribution in [2.45, 2.75) is 25.9 Å². The molecule has 0 saturated carbocycles. The Balaban J connectivity index is 1.88. The molecule has 0 aliphatic carbocycles. The van der Waals surface area contributed by atoms with Crippen LogP contribution in [-0.2, 0) is 0 Å². The van der Waals surface area contributed by atoms with Gasteiger partial charge in [-0.1, -0.05) is 23.2 Å². The van der Waals surface area contributed by atoms with Crippen LogP contribution in [0.15, 0.2) is 36.4 Å². The Hall–Kier alpha value is -2.04. The summed E-state index contributed by atoms with van der Waals surface area (Å²) in [4.78, 5) is 24.7. The van der Waals surface area contributed by atoms with E-state index in [4.69, 9.17) is 27.9 Å². The van der Waals surface area contributed by atoms with Crippen LogP contribution in [0.4, 0.5) is 5.69 Å². The number of amides is 1. The van der Waals surface area contributed by atoms with Gasteiger partial charge in [-0.05, 0) is 50.2 Å². The highest BCUT2D eigenvalue weighted by atomic mass is 35.5. The minimum atomic E-state index is -0.540. The number of halogens is 2. The number of nitrogens with one attached hydrogen (secondary N) is 1. The molecule has 4 nitrogen and oxygen atoms in total. The lowest BCUT2D eigenvalue weighted by Crippen LogP contribution is -2.36.